The molecule has 126 valence electrons. The van der Waals surface area contributed by atoms with E-state index in [4.69, 9.17) is 9.84 Å². The minimum absolute atomic E-state index is 0.207. The highest BCUT2D eigenvalue weighted by Gasteiger charge is 2.33. The minimum atomic E-state index is -0.682. The third kappa shape index (κ3) is 4.60. The summed E-state index contributed by atoms with van der Waals surface area (Å²) < 4.78 is 5.45. The quantitative estimate of drug-likeness (QED) is 0.846. The van der Waals surface area contributed by atoms with Crippen molar-refractivity contribution in [2.75, 3.05) is 26.2 Å². The lowest BCUT2D eigenvalue weighted by molar-refractivity contribution is -0.143. The smallest absolute Gasteiger partial charge is 0.410 e. The van der Waals surface area contributed by atoms with E-state index in [1.807, 2.05) is 20.8 Å². The maximum Gasteiger partial charge on any atom is 0.410 e. The molecule has 2 aliphatic rings. The van der Waals surface area contributed by atoms with Crippen LogP contribution in [-0.4, -0.2) is 64.8 Å². The van der Waals surface area contributed by atoms with Gasteiger partial charge in [0, 0.05) is 19.1 Å². The van der Waals surface area contributed by atoms with Crippen molar-refractivity contribution in [3.8, 4) is 0 Å². The Bertz CT molecular complexity index is 411. The van der Waals surface area contributed by atoms with Crippen LogP contribution in [0, 0.1) is 5.92 Å². The molecule has 6 heteroatoms. The number of ether oxygens (including phenoxy) is 1. The van der Waals surface area contributed by atoms with E-state index in [-0.39, 0.29) is 12.0 Å². The van der Waals surface area contributed by atoms with Crippen molar-refractivity contribution >= 4 is 12.1 Å². The summed E-state index contributed by atoms with van der Waals surface area (Å²) in [5.74, 6) is -0.888. The molecule has 2 fully saturated rings. The second-order valence-electron chi connectivity index (χ2n) is 7.37. The van der Waals surface area contributed by atoms with Gasteiger partial charge in [0.15, 0.2) is 0 Å². The van der Waals surface area contributed by atoms with Gasteiger partial charge in [-0.15, -0.1) is 0 Å². The molecule has 2 heterocycles. The molecular weight excluding hydrogens is 284 g/mol. The average Bonchev–Trinajstić information content (AvgIpc) is 2.46. The van der Waals surface area contributed by atoms with Crippen LogP contribution in [0.4, 0.5) is 4.79 Å². The first-order chi connectivity index (χ1) is 10.3. The largest absolute Gasteiger partial charge is 0.481 e. The van der Waals surface area contributed by atoms with Crippen LogP contribution in [0.5, 0.6) is 0 Å². The molecule has 0 bridgehead atoms. The van der Waals surface area contributed by atoms with E-state index in [1.54, 1.807) is 4.90 Å². The summed E-state index contributed by atoms with van der Waals surface area (Å²) in [6.07, 6.45) is 3.22. The standard InChI is InChI=1S/C16H28N2O4/c1-16(2,3)22-15(21)18-8-4-5-13(11-18)17-9-6-12(7-10-17)14(19)20/h12-13H,4-11H2,1-3H3,(H,19,20)/t13-/m1/s1. The molecule has 0 radical (unpaired) electrons. The third-order valence-corrected chi connectivity index (χ3v) is 4.44. The van der Waals surface area contributed by atoms with Gasteiger partial charge in [0.1, 0.15) is 5.60 Å². The highest BCUT2D eigenvalue weighted by Crippen LogP contribution is 2.24. The second kappa shape index (κ2) is 6.86. The molecule has 0 aromatic carbocycles. The Hall–Kier alpha value is -1.30. The Morgan fingerprint density at radius 1 is 1.09 bits per heavy atom. The number of hydrogen-bond acceptors (Lipinski definition) is 4. The lowest BCUT2D eigenvalue weighted by Crippen LogP contribution is -2.52. The lowest BCUT2D eigenvalue weighted by atomic mass is 9.94. The fourth-order valence-electron chi connectivity index (χ4n) is 3.26. The van der Waals surface area contributed by atoms with Gasteiger partial charge in [-0.3, -0.25) is 9.69 Å². The van der Waals surface area contributed by atoms with Crippen molar-refractivity contribution in [2.45, 2.75) is 58.1 Å². The average molecular weight is 312 g/mol. The van der Waals surface area contributed by atoms with Crippen LogP contribution in [0.15, 0.2) is 0 Å². The van der Waals surface area contributed by atoms with E-state index in [0.717, 1.165) is 32.5 Å². The van der Waals surface area contributed by atoms with E-state index in [1.165, 1.54) is 0 Å². The molecule has 1 N–H and O–H groups in total. The van der Waals surface area contributed by atoms with Crippen LogP contribution in [-0.2, 0) is 9.53 Å². The van der Waals surface area contributed by atoms with Crippen LogP contribution < -0.4 is 0 Å². The summed E-state index contributed by atoms with van der Waals surface area (Å²) in [6, 6.07) is 0.330. The number of amides is 1. The summed E-state index contributed by atoms with van der Waals surface area (Å²) >= 11 is 0. The number of nitrogens with zero attached hydrogens (tertiary/aromatic N) is 2. The number of carbonyl (C=O) groups excluding carboxylic acids is 1. The zero-order valence-corrected chi connectivity index (χ0v) is 13.9. The second-order valence-corrected chi connectivity index (χ2v) is 7.37. The third-order valence-electron chi connectivity index (χ3n) is 4.44. The van der Waals surface area contributed by atoms with Crippen molar-refractivity contribution in [1.82, 2.24) is 9.80 Å². The Morgan fingerprint density at radius 2 is 1.73 bits per heavy atom. The highest BCUT2D eigenvalue weighted by atomic mass is 16.6. The van der Waals surface area contributed by atoms with Crippen molar-refractivity contribution < 1.29 is 19.4 Å². The first-order valence-corrected chi connectivity index (χ1v) is 8.21. The first kappa shape index (κ1) is 17.1. The number of carbonyl (C=O) groups is 2. The van der Waals surface area contributed by atoms with E-state index in [2.05, 4.69) is 4.90 Å². The molecule has 0 spiro atoms. The zero-order valence-electron chi connectivity index (χ0n) is 13.9. The van der Waals surface area contributed by atoms with Crippen LogP contribution in [0.1, 0.15) is 46.5 Å². The van der Waals surface area contributed by atoms with Crippen LogP contribution >= 0.6 is 0 Å². The Kier molecular flexibility index (Phi) is 5.32. The minimum Gasteiger partial charge on any atom is -0.481 e. The molecule has 2 saturated heterocycles. The summed E-state index contributed by atoms with van der Waals surface area (Å²) in [7, 11) is 0. The molecule has 0 aromatic rings. The fraction of sp³-hybridized carbons (Fsp3) is 0.875. The molecule has 2 aliphatic heterocycles. The monoisotopic (exact) mass is 312 g/mol. The predicted octanol–water partition coefficient (Wildman–Crippen LogP) is 2.18. The maximum absolute atomic E-state index is 12.2. The summed E-state index contributed by atoms with van der Waals surface area (Å²) in [6.45, 7) is 8.69. The molecule has 0 aromatic heterocycles. The van der Waals surface area contributed by atoms with Gasteiger partial charge in [0.05, 0.1) is 5.92 Å². The number of rotatable bonds is 2. The van der Waals surface area contributed by atoms with Gasteiger partial charge in [-0.05, 0) is 59.5 Å². The van der Waals surface area contributed by atoms with E-state index in [0.29, 0.717) is 25.4 Å². The highest BCUT2D eigenvalue weighted by molar-refractivity contribution is 5.70. The number of piperidine rings is 2. The Balaban J connectivity index is 1.86. The summed E-state index contributed by atoms with van der Waals surface area (Å²) in [5, 5.41) is 9.07. The number of hydrogen-bond donors (Lipinski definition) is 1. The Labute approximate surface area is 132 Å². The molecule has 0 unspecified atom stereocenters. The van der Waals surface area contributed by atoms with Crippen molar-refractivity contribution in [2.24, 2.45) is 5.92 Å². The molecule has 1 atom stereocenters. The molecule has 2 rings (SSSR count). The molecule has 1 amide bonds. The van der Waals surface area contributed by atoms with Gasteiger partial charge in [0.2, 0.25) is 0 Å². The maximum atomic E-state index is 12.2. The van der Waals surface area contributed by atoms with E-state index < -0.39 is 11.6 Å². The van der Waals surface area contributed by atoms with Crippen LogP contribution in [0.25, 0.3) is 0 Å². The molecule has 0 saturated carbocycles. The van der Waals surface area contributed by atoms with Crippen molar-refractivity contribution in [3.05, 3.63) is 0 Å². The van der Waals surface area contributed by atoms with E-state index in [9.17, 15) is 9.59 Å². The molecule has 0 aliphatic carbocycles. The normalized spacial score (nSPS) is 25.0. The van der Waals surface area contributed by atoms with Gasteiger partial charge in [0.25, 0.3) is 0 Å². The van der Waals surface area contributed by atoms with E-state index >= 15 is 0 Å². The summed E-state index contributed by atoms with van der Waals surface area (Å²) in [4.78, 5) is 27.4. The molecule has 22 heavy (non-hydrogen) atoms. The SMILES string of the molecule is CC(C)(C)OC(=O)N1CCC[C@@H](N2CCC(C(=O)O)CC2)C1. The fourth-order valence-corrected chi connectivity index (χ4v) is 3.26. The van der Waals surface area contributed by atoms with Gasteiger partial charge in [-0.25, -0.2) is 4.79 Å². The van der Waals surface area contributed by atoms with Crippen molar-refractivity contribution in [1.29, 1.82) is 0 Å². The first-order valence-electron chi connectivity index (χ1n) is 8.21. The molecule has 6 nitrogen and oxygen atoms in total. The van der Waals surface area contributed by atoms with Gasteiger partial charge in [-0.1, -0.05) is 0 Å². The predicted molar refractivity (Wildman–Crippen MR) is 82.8 cm³/mol. The number of likely N-dealkylation sites (tertiary alicyclic amines) is 2. The summed E-state index contributed by atoms with van der Waals surface area (Å²) in [5.41, 5.74) is -0.468. The van der Waals surface area contributed by atoms with Gasteiger partial charge >= 0.3 is 12.1 Å². The number of carboxylic acids is 1. The topological polar surface area (TPSA) is 70.1 Å². The zero-order chi connectivity index (χ0) is 16.3. The lowest BCUT2D eigenvalue weighted by Gasteiger charge is -2.42. The Morgan fingerprint density at radius 3 is 2.27 bits per heavy atom. The van der Waals surface area contributed by atoms with Crippen LogP contribution in [0.2, 0.25) is 0 Å². The number of aliphatic carboxylic acids is 1. The number of carboxylic acid groups (broad SMARTS) is 1. The molecular formula is C16H28N2O4. The van der Waals surface area contributed by atoms with Crippen LogP contribution in [0.3, 0.4) is 0 Å². The van der Waals surface area contributed by atoms with Gasteiger partial charge in [-0.2, -0.15) is 0 Å². The van der Waals surface area contributed by atoms with Gasteiger partial charge < -0.3 is 14.7 Å². The van der Waals surface area contributed by atoms with Crippen molar-refractivity contribution in [3.63, 3.8) is 0 Å².